The molecule has 134 valence electrons. The zero-order valence-corrected chi connectivity index (χ0v) is 15.2. The summed E-state index contributed by atoms with van der Waals surface area (Å²) in [5.74, 6) is 0.293. The molecule has 1 saturated heterocycles. The Morgan fingerprint density at radius 1 is 1.04 bits per heavy atom. The maximum atomic E-state index is 12.7. The first-order valence-corrected chi connectivity index (χ1v) is 10.1. The fourth-order valence-corrected chi connectivity index (χ4v) is 4.68. The molecule has 1 aliphatic carbocycles. The van der Waals surface area contributed by atoms with Crippen LogP contribution in [0.25, 0.3) is 5.13 Å². The lowest BCUT2D eigenvalue weighted by Gasteiger charge is -2.33. The van der Waals surface area contributed by atoms with Gasteiger partial charge in [-0.15, -0.1) is 10.2 Å². The van der Waals surface area contributed by atoms with Gasteiger partial charge in [0.05, 0.1) is 5.92 Å². The molecular weight excluding hydrogens is 334 g/mol. The molecule has 2 aromatic heterocycles. The van der Waals surface area contributed by atoms with Gasteiger partial charge in [0.15, 0.2) is 0 Å². The fraction of sp³-hybridized carbons (Fsp3) is 0.611. The summed E-state index contributed by atoms with van der Waals surface area (Å²) < 4.78 is 1.97. The van der Waals surface area contributed by atoms with Crippen molar-refractivity contribution in [1.82, 2.24) is 20.1 Å². The van der Waals surface area contributed by atoms with Gasteiger partial charge >= 0.3 is 0 Å². The van der Waals surface area contributed by atoms with Crippen LogP contribution >= 0.6 is 11.3 Å². The summed E-state index contributed by atoms with van der Waals surface area (Å²) in [7, 11) is 0. The molecule has 1 aliphatic heterocycles. The number of nitrogens with zero attached hydrogens (tertiary/aromatic N) is 4. The molecule has 4 rings (SSSR count). The van der Waals surface area contributed by atoms with Crippen LogP contribution in [0.4, 0.5) is 5.13 Å². The number of hydrogen-bond acceptors (Lipinski definition) is 5. The van der Waals surface area contributed by atoms with Crippen LogP contribution in [0.2, 0.25) is 0 Å². The van der Waals surface area contributed by atoms with Crippen LogP contribution < -0.4 is 10.2 Å². The van der Waals surface area contributed by atoms with Gasteiger partial charge in [-0.3, -0.25) is 9.36 Å². The largest absolute Gasteiger partial charge is 0.353 e. The van der Waals surface area contributed by atoms with Crippen LogP contribution in [-0.4, -0.2) is 39.8 Å². The van der Waals surface area contributed by atoms with E-state index in [1.807, 2.05) is 29.1 Å². The summed E-state index contributed by atoms with van der Waals surface area (Å²) in [5.41, 5.74) is 0. The van der Waals surface area contributed by atoms with E-state index in [0.717, 1.165) is 49.0 Å². The zero-order valence-electron chi connectivity index (χ0n) is 14.4. The molecule has 0 radical (unpaired) electrons. The first kappa shape index (κ1) is 16.6. The van der Waals surface area contributed by atoms with E-state index >= 15 is 0 Å². The highest BCUT2D eigenvalue weighted by Crippen LogP contribution is 2.28. The van der Waals surface area contributed by atoms with Crippen molar-refractivity contribution in [2.24, 2.45) is 5.92 Å². The monoisotopic (exact) mass is 359 g/mol. The van der Waals surface area contributed by atoms with Gasteiger partial charge in [0, 0.05) is 31.5 Å². The van der Waals surface area contributed by atoms with Crippen molar-refractivity contribution in [3.63, 3.8) is 0 Å². The molecule has 1 amide bonds. The number of carbonyl (C=O) groups excluding carboxylic acids is 1. The highest BCUT2D eigenvalue weighted by Gasteiger charge is 2.29. The van der Waals surface area contributed by atoms with E-state index < -0.39 is 0 Å². The number of carbonyl (C=O) groups is 1. The van der Waals surface area contributed by atoms with Gasteiger partial charge in [-0.05, 0) is 37.8 Å². The molecule has 0 bridgehead atoms. The molecule has 2 fully saturated rings. The number of rotatable bonds is 4. The Morgan fingerprint density at radius 3 is 2.60 bits per heavy atom. The zero-order chi connectivity index (χ0) is 17.1. The van der Waals surface area contributed by atoms with E-state index in [0.29, 0.717) is 6.04 Å². The maximum absolute atomic E-state index is 12.7. The van der Waals surface area contributed by atoms with E-state index in [4.69, 9.17) is 0 Å². The van der Waals surface area contributed by atoms with E-state index in [2.05, 4.69) is 20.4 Å². The minimum atomic E-state index is 0.0644. The van der Waals surface area contributed by atoms with Crippen LogP contribution in [0.3, 0.4) is 0 Å². The van der Waals surface area contributed by atoms with E-state index in [1.54, 1.807) is 11.3 Å². The van der Waals surface area contributed by atoms with Crippen molar-refractivity contribution in [1.29, 1.82) is 0 Å². The van der Waals surface area contributed by atoms with Crippen molar-refractivity contribution in [2.45, 2.75) is 51.0 Å². The van der Waals surface area contributed by atoms with Crippen LogP contribution in [-0.2, 0) is 4.79 Å². The molecule has 0 spiro atoms. The second-order valence-electron chi connectivity index (χ2n) is 7.09. The standard InChI is InChI=1S/C18H25N5OS/c24-16(19-15-8-2-1-3-9-15)14-7-6-12-23(13-14)18-21-20-17(25-18)22-10-4-5-11-22/h4-5,10-11,14-15H,1-3,6-9,12-13H2,(H,19,24). The molecule has 7 heteroatoms. The first-order valence-electron chi connectivity index (χ1n) is 9.32. The molecule has 25 heavy (non-hydrogen) atoms. The number of amides is 1. The molecular formula is C18H25N5OS. The highest BCUT2D eigenvalue weighted by atomic mass is 32.1. The Kier molecular flexibility index (Phi) is 5.01. The number of piperidine rings is 1. The number of aromatic nitrogens is 3. The minimum Gasteiger partial charge on any atom is -0.353 e. The molecule has 1 saturated carbocycles. The lowest BCUT2D eigenvalue weighted by Crippen LogP contribution is -2.46. The van der Waals surface area contributed by atoms with Crippen LogP contribution in [0.15, 0.2) is 24.5 Å². The third kappa shape index (κ3) is 3.86. The summed E-state index contributed by atoms with van der Waals surface area (Å²) in [6.07, 6.45) is 12.0. The van der Waals surface area contributed by atoms with Gasteiger partial charge in [0.2, 0.25) is 16.2 Å². The molecule has 0 aromatic carbocycles. The van der Waals surface area contributed by atoms with Gasteiger partial charge in [-0.1, -0.05) is 30.6 Å². The van der Waals surface area contributed by atoms with Gasteiger partial charge in [-0.2, -0.15) is 0 Å². The SMILES string of the molecule is O=C(NC1CCCCC1)C1CCCN(c2nnc(-n3cccc3)s2)C1. The van der Waals surface area contributed by atoms with Gasteiger partial charge in [0.25, 0.3) is 0 Å². The molecule has 3 heterocycles. The maximum Gasteiger partial charge on any atom is 0.225 e. The van der Waals surface area contributed by atoms with Crippen molar-refractivity contribution in [3.05, 3.63) is 24.5 Å². The number of anilines is 1. The van der Waals surface area contributed by atoms with Crippen molar-refractivity contribution in [2.75, 3.05) is 18.0 Å². The predicted octanol–water partition coefficient (Wildman–Crippen LogP) is 2.99. The molecule has 2 aromatic rings. The van der Waals surface area contributed by atoms with E-state index in [1.165, 1.54) is 19.3 Å². The Morgan fingerprint density at radius 2 is 1.80 bits per heavy atom. The van der Waals surface area contributed by atoms with Crippen LogP contribution in [0.1, 0.15) is 44.9 Å². The van der Waals surface area contributed by atoms with Gasteiger partial charge in [-0.25, -0.2) is 0 Å². The molecule has 1 N–H and O–H groups in total. The number of nitrogens with one attached hydrogen (secondary N) is 1. The van der Waals surface area contributed by atoms with E-state index in [9.17, 15) is 4.79 Å². The predicted molar refractivity (Wildman–Crippen MR) is 99.2 cm³/mol. The lowest BCUT2D eigenvalue weighted by atomic mass is 9.93. The highest BCUT2D eigenvalue weighted by molar-refractivity contribution is 7.17. The average Bonchev–Trinajstić information content (AvgIpc) is 3.34. The Labute approximate surface area is 152 Å². The van der Waals surface area contributed by atoms with Crippen molar-refractivity contribution >= 4 is 22.4 Å². The van der Waals surface area contributed by atoms with Gasteiger partial charge < -0.3 is 10.2 Å². The Hall–Kier alpha value is -1.89. The molecule has 6 nitrogen and oxygen atoms in total. The molecule has 1 atom stereocenters. The summed E-state index contributed by atoms with van der Waals surface area (Å²) in [5, 5.41) is 13.7. The second kappa shape index (κ2) is 7.56. The average molecular weight is 359 g/mol. The van der Waals surface area contributed by atoms with E-state index in [-0.39, 0.29) is 11.8 Å². The number of hydrogen-bond donors (Lipinski definition) is 1. The lowest BCUT2D eigenvalue weighted by molar-refractivity contribution is -0.126. The second-order valence-corrected chi connectivity index (χ2v) is 8.02. The topological polar surface area (TPSA) is 63.1 Å². The quantitative estimate of drug-likeness (QED) is 0.911. The smallest absolute Gasteiger partial charge is 0.225 e. The first-order chi connectivity index (χ1) is 12.3. The third-order valence-electron chi connectivity index (χ3n) is 5.24. The minimum absolute atomic E-state index is 0.0644. The molecule has 2 aliphatic rings. The third-order valence-corrected chi connectivity index (χ3v) is 6.24. The Bertz CT molecular complexity index is 692. The molecule has 1 unspecified atom stereocenters. The normalized spacial score (nSPS) is 22.1. The van der Waals surface area contributed by atoms with Crippen LogP contribution in [0, 0.1) is 5.92 Å². The van der Waals surface area contributed by atoms with Crippen molar-refractivity contribution in [3.8, 4) is 5.13 Å². The van der Waals surface area contributed by atoms with Crippen molar-refractivity contribution < 1.29 is 4.79 Å². The van der Waals surface area contributed by atoms with Gasteiger partial charge in [0.1, 0.15) is 0 Å². The summed E-state index contributed by atoms with van der Waals surface area (Å²) in [6.45, 7) is 1.70. The van der Waals surface area contributed by atoms with Crippen LogP contribution in [0.5, 0.6) is 0 Å². The summed E-state index contributed by atoms with van der Waals surface area (Å²) in [4.78, 5) is 14.9. The fourth-order valence-electron chi connectivity index (χ4n) is 3.83. The summed E-state index contributed by atoms with van der Waals surface area (Å²) in [6, 6.07) is 4.35. The Balaban J connectivity index is 1.38. The summed E-state index contributed by atoms with van der Waals surface area (Å²) >= 11 is 1.58.